The Hall–Kier alpha value is -2.77. The molecule has 1 aliphatic rings. The maximum atomic E-state index is 12.4. The number of nitrogens with one attached hydrogen (secondary N) is 1. The van der Waals surface area contributed by atoms with E-state index in [1.165, 1.54) is 0 Å². The Kier molecular flexibility index (Phi) is 6.21. The third kappa shape index (κ3) is 4.01. The molecule has 1 N–H and O–H groups in total. The Bertz CT molecular complexity index is 805. The molecule has 0 bridgehead atoms. The fraction of sp³-hybridized carbons (Fsp3) is 0.333. The van der Waals surface area contributed by atoms with E-state index in [-0.39, 0.29) is 17.9 Å². The van der Waals surface area contributed by atoms with Crippen LogP contribution >= 0.6 is 11.8 Å². The third-order valence-electron chi connectivity index (χ3n) is 3.83. The van der Waals surface area contributed by atoms with Crippen LogP contribution in [0.2, 0.25) is 0 Å². The number of carbonyl (C=O) groups excluding carboxylic acids is 2. The molecule has 1 aliphatic heterocycles. The highest BCUT2D eigenvalue weighted by molar-refractivity contribution is 8.03. The van der Waals surface area contributed by atoms with Crippen LogP contribution in [0.4, 0.5) is 0 Å². The zero-order valence-corrected chi connectivity index (χ0v) is 14.7. The number of hydrogen-bond donors (Lipinski definition) is 1. The Labute approximate surface area is 150 Å². The Morgan fingerprint density at radius 3 is 2.68 bits per heavy atom. The lowest BCUT2D eigenvalue weighted by atomic mass is 9.78. The average Bonchev–Trinajstić information content (AvgIpc) is 2.60. The molecule has 128 valence electrons. The largest absolute Gasteiger partial charge is 0.465 e. The second kappa shape index (κ2) is 8.36. The molecule has 0 aliphatic carbocycles. The molecule has 2 unspecified atom stereocenters. The van der Waals surface area contributed by atoms with Crippen molar-refractivity contribution in [2.75, 3.05) is 12.4 Å². The molecule has 1 aromatic carbocycles. The minimum Gasteiger partial charge on any atom is -0.465 e. The van der Waals surface area contributed by atoms with Crippen LogP contribution in [-0.4, -0.2) is 24.2 Å². The van der Waals surface area contributed by atoms with Crippen molar-refractivity contribution in [3.05, 3.63) is 46.0 Å². The number of allylic oxidation sites excluding steroid dienone is 1. The van der Waals surface area contributed by atoms with E-state index in [4.69, 9.17) is 4.74 Å². The van der Waals surface area contributed by atoms with Crippen molar-refractivity contribution in [1.29, 1.82) is 10.5 Å². The van der Waals surface area contributed by atoms with E-state index in [9.17, 15) is 20.1 Å². The summed E-state index contributed by atoms with van der Waals surface area (Å²) in [7, 11) is 0. The maximum Gasteiger partial charge on any atom is 0.316 e. The van der Waals surface area contributed by atoms with Crippen molar-refractivity contribution < 1.29 is 14.3 Å². The number of nitrogens with zero attached hydrogens (tertiary/aromatic N) is 2. The average molecular weight is 355 g/mol. The molecule has 0 saturated carbocycles. The van der Waals surface area contributed by atoms with Gasteiger partial charge in [-0.3, -0.25) is 9.59 Å². The number of thioether (sulfide) groups is 1. The first-order valence-corrected chi connectivity index (χ1v) is 8.70. The predicted octanol–water partition coefficient (Wildman–Crippen LogP) is 2.38. The fourth-order valence-electron chi connectivity index (χ4n) is 2.69. The van der Waals surface area contributed by atoms with E-state index in [0.29, 0.717) is 5.03 Å². The summed E-state index contributed by atoms with van der Waals surface area (Å²) in [4.78, 5) is 23.9. The Morgan fingerprint density at radius 2 is 2.08 bits per heavy atom. The van der Waals surface area contributed by atoms with Crippen LogP contribution in [0, 0.1) is 35.5 Å². The lowest BCUT2D eigenvalue weighted by molar-refractivity contribution is -0.139. The van der Waals surface area contributed by atoms with E-state index in [1.54, 1.807) is 6.92 Å². The Morgan fingerprint density at radius 1 is 1.36 bits per heavy atom. The summed E-state index contributed by atoms with van der Waals surface area (Å²) >= 11 is 1.04. The lowest BCUT2D eigenvalue weighted by Crippen LogP contribution is -2.39. The number of carbonyl (C=O) groups is 2. The molecule has 6 nitrogen and oxygen atoms in total. The van der Waals surface area contributed by atoms with Crippen LogP contribution in [0.1, 0.15) is 24.0 Å². The number of esters is 1. The van der Waals surface area contributed by atoms with E-state index >= 15 is 0 Å². The minimum atomic E-state index is -0.998. The van der Waals surface area contributed by atoms with Crippen molar-refractivity contribution in [3.63, 3.8) is 0 Å². The second-order valence-corrected chi connectivity index (χ2v) is 6.36. The van der Waals surface area contributed by atoms with Crippen molar-refractivity contribution in [3.8, 4) is 12.1 Å². The number of hydrogen-bond acceptors (Lipinski definition) is 6. The van der Waals surface area contributed by atoms with Gasteiger partial charge in [-0.15, -0.1) is 0 Å². The van der Waals surface area contributed by atoms with Gasteiger partial charge in [0.15, 0.2) is 0 Å². The van der Waals surface area contributed by atoms with Gasteiger partial charge in [-0.1, -0.05) is 36.0 Å². The van der Waals surface area contributed by atoms with Gasteiger partial charge in [-0.05, 0) is 25.0 Å². The van der Waals surface area contributed by atoms with Crippen molar-refractivity contribution in [2.45, 2.75) is 19.8 Å². The Balaban J connectivity index is 2.45. The molecule has 1 amide bonds. The van der Waals surface area contributed by atoms with Gasteiger partial charge in [-0.2, -0.15) is 10.5 Å². The van der Waals surface area contributed by atoms with Crippen LogP contribution in [0.3, 0.4) is 0 Å². The standard InChI is InChI=1S/C18H17N3O3S/c1-3-24-15(22)10-25-18-14(9-20)16(13(8-19)17(23)21-18)12-7-5-4-6-11(12)2/h4-7,13,16H,3,10H2,1-2H3,(H,21,23). The van der Waals surface area contributed by atoms with Gasteiger partial charge in [0.05, 0.1) is 35.1 Å². The molecule has 0 aromatic heterocycles. The van der Waals surface area contributed by atoms with Crippen LogP contribution in [0.25, 0.3) is 0 Å². The zero-order valence-electron chi connectivity index (χ0n) is 13.9. The second-order valence-electron chi connectivity index (χ2n) is 5.38. The van der Waals surface area contributed by atoms with Crippen LogP contribution < -0.4 is 5.32 Å². The number of aryl methyl sites for hydroxylation is 1. The molecule has 7 heteroatoms. The topological polar surface area (TPSA) is 103 Å². The number of nitriles is 2. The molecular formula is C18H17N3O3S. The minimum absolute atomic E-state index is 0.0215. The number of rotatable bonds is 5. The quantitative estimate of drug-likeness (QED) is 0.814. The molecule has 1 heterocycles. The summed E-state index contributed by atoms with van der Waals surface area (Å²) < 4.78 is 4.87. The SMILES string of the molecule is CCOC(=O)CSC1=C(C#N)C(c2ccccc2C)C(C#N)C(=O)N1. The molecule has 0 spiro atoms. The van der Waals surface area contributed by atoms with Crippen LogP contribution in [0.5, 0.6) is 0 Å². The molecule has 25 heavy (non-hydrogen) atoms. The van der Waals surface area contributed by atoms with E-state index in [0.717, 1.165) is 22.9 Å². The van der Waals surface area contributed by atoms with Crippen molar-refractivity contribution in [2.24, 2.45) is 5.92 Å². The predicted molar refractivity (Wildman–Crippen MR) is 92.9 cm³/mol. The number of amides is 1. The normalized spacial score (nSPS) is 19.6. The number of ether oxygens (including phenoxy) is 1. The summed E-state index contributed by atoms with van der Waals surface area (Å²) in [5.74, 6) is -2.58. The highest BCUT2D eigenvalue weighted by atomic mass is 32.2. The summed E-state index contributed by atoms with van der Waals surface area (Å²) in [5, 5.41) is 22.0. The van der Waals surface area contributed by atoms with E-state index in [1.807, 2.05) is 37.3 Å². The summed E-state index contributed by atoms with van der Waals surface area (Å²) in [6.45, 7) is 3.84. The van der Waals surface area contributed by atoms with Gasteiger partial charge < -0.3 is 10.1 Å². The van der Waals surface area contributed by atoms with E-state index in [2.05, 4.69) is 11.4 Å². The van der Waals surface area contributed by atoms with Crippen LogP contribution in [-0.2, 0) is 14.3 Å². The van der Waals surface area contributed by atoms with Crippen LogP contribution in [0.15, 0.2) is 34.9 Å². The van der Waals surface area contributed by atoms with Crippen molar-refractivity contribution in [1.82, 2.24) is 5.32 Å². The monoisotopic (exact) mass is 355 g/mol. The molecule has 1 aromatic rings. The van der Waals surface area contributed by atoms with Gasteiger partial charge in [0.1, 0.15) is 5.92 Å². The van der Waals surface area contributed by atoms with Gasteiger partial charge in [0, 0.05) is 5.92 Å². The molecule has 0 saturated heterocycles. The highest BCUT2D eigenvalue weighted by Gasteiger charge is 2.40. The molecule has 0 fully saturated rings. The van der Waals surface area contributed by atoms with Gasteiger partial charge >= 0.3 is 5.97 Å². The zero-order chi connectivity index (χ0) is 18.4. The van der Waals surface area contributed by atoms with Gasteiger partial charge in [0.2, 0.25) is 5.91 Å². The first-order chi connectivity index (χ1) is 12.0. The molecule has 2 atom stereocenters. The first-order valence-electron chi connectivity index (χ1n) is 7.72. The maximum absolute atomic E-state index is 12.4. The smallest absolute Gasteiger partial charge is 0.316 e. The lowest BCUT2D eigenvalue weighted by Gasteiger charge is -2.29. The summed E-state index contributed by atoms with van der Waals surface area (Å²) in [6.07, 6.45) is 0. The fourth-order valence-corrected chi connectivity index (χ4v) is 3.53. The van der Waals surface area contributed by atoms with Gasteiger partial charge in [0.25, 0.3) is 0 Å². The third-order valence-corrected chi connectivity index (χ3v) is 4.82. The van der Waals surface area contributed by atoms with E-state index < -0.39 is 23.7 Å². The molecular weight excluding hydrogens is 338 g/mol. The molecule has 2 rings (SSSR count). The highest BCUT2D eigenvalue weighted by Crippen LogP contribution is 2.40. The first kappa shape index (κ1) is 18.6. The van der Waals surface area contributed by atoms with Gasteiger partial charge in [-0.25, -0.2) is 0 Å². The summed E-state index contributed by atoms with van der Waals surface area (Å²) in [5.41, 5.74) is 1.94. The summed E-state index contributed by atoms with van der Waals surface area (Å²) in [6, 6.07) is 11.5. The van der Waals surface area contributed by atoms with Crippen molar-refractivity contribution >= 4 is 23.6 Å². The number of benzene rings is 1. The molecule has 0 radical (unpaired) electrons.